The van der Waals surface area contributed by atoms with Crippen LogP contribution in [-0.4, -0.2) is 42.0 Å². The Bertz CT molecular complexity index is 923. The van der Waals surface area contributed by atoms with Crippen LogP contribution < -0.4 is 5.32 Å². The van der Waals surface area contributed by atoms with Gasteiger partial charge in [0.05, 0.1) is 13.0 Å². The van der Waals surface area contributed by atoms with Gasteiger partial charge in [-0.15, -0.1) is 0 Å². The third-order valence-corrected chi connectivity index (χ3v) is 4.62. The fourth-order valence-electron chi connectivity index (χ4n) is 2.94. The molecule has 0 aliphatic heterocycles. The first kappa shape index (κ1) is 20.3. The number of likely N-dealkylation sites (N-methyl/N-ethyl adjacent to an activating group) is 1. The number of aryl methyl sites for hydroxylation is 1. The lowest BCUT2D eigenvalue weighted by molar-refractivity contribution is -0.131. The molecule has 29 heavy (non-hydrogen) atoms. The van der Waals surface area contributed by atoms with Gasteiger partial charge in [0, 0.05) is 31.6 Å². The summed E-state index contributed by atoms with van der Waals surface area (Å²) in [6, 6.07) is 21.2. The monoisotopic (exact) mass is 391 g/mol. The number of carbonyl (C=O) groups excluding carboxylic acids is 2. The second-order valence-electron chi connectivity index (χ2n) is 6.90. The lowest BCUT2D eigenvalue weighted by Gasteiger charge is -2.17. The van der Waals surface area contributed by atoms with Gasteiger partial charge in [-0.1, -0.05) is 65.8 Å². The average molecular weight is 391 g/mol. The first-order chi connectivity index (χ1) is 14.1. The zero-order chi connectivity index (χ0) is 20.5. The summed E-state index contributed by atoms with van der Waals surface area (Å²) in [7, 11) is 1.74. The van der Waals surface area contributed by atoms with Gasteiger partial charge in [-0.3, -0.25) is 9.59 Å². The summed E-state index contributed by atoms with van der Waals surface area (Å²) >= 11 is 0. The van der Waals surface area contributed by atoms with Crippen LogP contribution in [0.5, 0.6) is 0 Å². The molecule has 0 aliphatic carbocycles. The Balaban J connectivity index is 1.37. The molecule has 1 heterocycles. The standard InChI is InChI=1S/C23H25N3O3/c1-26(23(28)17-24-22(27)15-18-9-4-2-5-10-18)14-8-13-20-16-21(25-29-20)19-11-6-3-7-12-19/h2-7,9-12,16H,8,13-15,17H2,1H3,(H,24,27). The van der Waals surface area contributed by atoms with Crippen LogP contribution in [0.2, 0.25) is 0 Å². The van der Waals surface area contributed by atoms with E-state index < -0.39 is 0 Å². The Kier molecular flexibility index (Phi) is 7.16. The van der Waals surface area contributed by atoms with Gasteiger partial charge in [-0.05, 0) is 12.0 Å². The number of hydrogen-bond acceptors (Lipinski definition) is 4. The Morgan fingerprint density at radius 2 is 1.72 bits per heavy atom. The number of benzene rings is 2. The normalized spacial score (nSPS) is 10.5. The molecule has 0 saturated carbocycles. The van der Waals surface area contributed by atoms with Crippen LogP contribution in [0.4, 0.5) is 0 Å². The smallest absolute Gasteiger partial charge is 0.241 e. The number of hydrogen-bond donors (Lipinski definition) is 1. The molecule has 0 fully saturated rings. The van der Waals surface area contributed by atoms with Gasteiger partial charge in [0.2, 0.25) is 11.8 Å². The second-order valence-corrected chi connectivity index (χ2v) is 6.90. The highest BCUT2D eigenvalue weighted by Crippen LogP contribution is 2.19. The van der Waals surface area contributed by atoms with E-state index in [0.717, 1.165) is 29.0 Å². The van der Waals surface area contributed by atoms with Crippen LogP contribution in [0.25, 0.3) is 11.3 Å². The number of rotatable bonds is 9. The van der Waals surface area contributed by atoms with E-state index in [2.05, 4.69) is 10.5 Å². The van der Waals surface area contributed by atoms with Crippen molar-refractivity contribution in [2.45, 2.75) is 19.3 Å². The maximum Gasteiger partial charge on any atom is 0.241 e. The summed E-state index contributed by atoms with van der Waals surface area (Å²) in [6.45, 7) is 0.581. The van der Waals surface area contributed by atoms with Crippen molar-refractivity contribution in [3.8, 4) is 11.3 Å². The number of aromatic nitrogens is 1. The highest BCUT2D eigenvalue weighted by molar-refractivity contribution is 5.85. The Hall–Kier alpha value is -3.41. The van der Waals surface area contributed by atoms with Crippen LogP contribution in [0, 0.1) is 0 Å². The Labute approximate surface area is 170 Å². The van der Waals surface area contributed by atoms with Crippen LogP contribution in [0.1, 0.15) is 17.7 Å². The molecule has 1 aromatic heterocycles. The minimum Gasteiger partial charge on any atom is -0.361 e. The Morgan fingerprint density at radius 1 is 1.03 bits per heavy atom. The van der Waals surface area contributed by atoms with E-state index in [0.29, 0.717) is 13.0 Å². The van der Waals surface area contributed by atoms with Crippen LogP contribution in [0.3, 0.4) is 0 Å². The largest absolute Gasteiger partial charge is 0.361 e. The van der Waals surface area contributed by atoms with Gasteiger partial charge in [-0.25, -0.2) is 0 Å². The van der Waals surface area contributed by atoms with Crippen LogP contribution >= 0.6 is 0 Å². The fraction of sp³-hybridized carbons (Fsp3) is 0.261. The third-order valence-electron chi connectivity index (χ3n) is 4.62. The van der Waals surface area contributed by atoms with Crippen molar-refractivity contribution < 1.29 is 14.1 Å². The lowest BCUT2D eigenvalue weighted by Crippen LogP contribution is -2.39. The summed E-state index contributed by atoms with van der Waals surface area (Å²) in [5.41, 5.74) is 2.75. The van der Waals surface area contributed by atoms with Crippen molar-refractivity contribution in [3.63, 3.8) is 0 Å². The minimum absolute atomic E-state index is 0.00261. The van der Waals surface area contributed by atoms with E-state index >= 15 is 0 Å². The van der Waals surface area contributed by atoms with E-state index in [1.54, 1.807) is 11.9 Å². The zero-order valence-electron chi connectivity index (χ0n) is 16.5. The molecule has 2 amide bonds. The molecular formula is C23H25N3O3. The van der Waals surface area contributed by atoms with Crippen LogP contribution in [0.15, 0.2) is 71.3 Å². The van der Waals surface area contributed by atoms with Gasteiger partial charge in [-0.2, -0.15) is 0 Å². The molecule has 0 saturated heterocycles. The number of amides is 2. The first-order valence-corrected chi connectivity index (χ1v) is 9.67. The molecule has 0 atom stereocenters. The predicted octanol–water partition coefficient (Wildman–Crippen LogP) is 3.09. The van der Waals surface area contributed by atoms with Crippen molar-refractivity contribution in [3.05, 3.63) is 78.1 Å². The van der Waals surface area contributed by atoms with E-state index in [-0.39, 0.29) is 24.8 Å². The van der Waals surface area contributed by atoms with Gasteiger partial charge in [0.1, 0.15) is 11.5 Å². The summed E-state index contributed by atoms with van der Waals surface area (Å²) in [4.78, 5) is 25.8. The summed E-state index contributed by atoms with van der Waals surface area (Å²) < 4.78 is 5.39. The SMILES string of the molecule is CN(CCCc1cc(-c2ccccc2)no1)C(=O)CNC(=O)Cc1ccccc1. The number of carbonyl (C=O) groups is 2. The second kappa shape index (κ2) is 10.2. The maximum absolute atomic E-state index is 12.2. The summed E-state index contributed by atoms with van der Waals surface area (Å²) in [5, 5.41) is 6.78. The molecule has 0 aliphatic rings. The molecule has 1 N–H and O–H groups in total. The van der Waals surface area contributed by atoms with Gasteiger partial charge in [0.25, 0.3) is 0 Å². The highest BCUT2D eigenvalue weighted by atomic mass is 16.5. The van der Waals surface area contributed by atoms with E-state index in [1.807, 2.05) is 66.7 Å². The topological polar surface area (TPSA) is 75.4 Å². The number of nitrogens with zero attached hydrogens (tertiary/aromatic N) is 2. The third kappa shape index (κ3) is 6.31. The predicted molar refractivity (Wildman–Crippen MR) is 111 cm³/mol. The maximum atomic E-state index is 12.2. The molecule has 0 unspecified atom stereocenters. The van der Waals surface area contributed by atoms with Gasteiger partial charge < -0.3 is 14.7 Å². The molecule has 150 valence electrons. The van der Waals surface area contributed by atoms with Crippen molar-refractivity contribution in [2.75, 3.05) is 20.1 Å². The molecule has 2 aromatic carbocycles. The van der Waals surface area contributed by atoms with E-state index in [1.165, 1.54) is 0 Å². The molecule has 3 aromatic rings. The zero-order valence-corrected chi connectivity index (χ0v) is 16.5. The highest BCUT2D eigenvalue weighted by Gasteiger charge is 2.12. The van der Waals surface area contributed by atoms with E-state index in [4.69, 9.17) is 4.52 Å². The first-order valence-electron chi connectivity index (χ1n) is 9.67. The summed E-state index contributed by atoms with van der Waals surface area (Å²) in [6.07, 6.45) is 1.72. The van der Waals surface area contributed by atoms with Crippen molar-refractivity contribution in [1.82, 2.24) is 15.4 Å². The molecule has 0 spiro atoms. The van der Waals surface area contributed by atoms with E-state index in [9.17, 15) is 9.59 Å². The van der Waals surface area contributed by atoms with Crippen molar-refractivity contribution >= 4 is 11.8 Å². The van der Waals surface area contributed by atoms with Crippen molar-refractivity contribution in [2.24, 2.45) is 0 Å². The van der Waals surface area contributed by atoms with Crippen LogP contribution in [-0.2, 0) is 22.4 Å². The molecule has 6 nitrogen and oxygen atoms in total. The quantitative estimate of drug-likeness (QED) is 0.608. The molecule has 3 rings (SSSR count). The average Bonchev–Trinajstić information content (AvgIpc) is 3.22. The molecular weight excluding hydrogens is 366 g/mol. The molecule has 0 bridgehead atoms. The fourth-order valence-corrected chi connectivity index (χ4v) is 2.94. The van der Waals surface area contributed by atoms with Gasteiger partial charge >= 0.3 is 0 Å². The van der Waals surface area contributed by atoms with Gasteiger partial charge in [0.15, 0.2) is 0 Å². The lowest BCUT2D eigenvalue weighted by atomic mass is 10.1. The Morgan fingerprint density at radius 3 is 2.45 bits per heavy atom. The number of nitrogens with one attached hydrogen (secondary N) is 1. The molecule has 6 heteroatoms. The molecule has 0 radical (unpaired) electrons. The summed E-state index contributed by atoms with van der Waals surface area (Å²) in [5.74, 6) is 0.517. The minimum atomic E-state index is -0.159. The van der Waals surface area contributed by atoms with Crippen molar-refractivity contribution in [1.29, 1.82) is 0 Å².